The van der Waals surface area contributed by atoms with Crippen molar-refractivity contribution in [1.82, 2.24) is 4.90 Å². The van der Waals surface area contributed by atoms with Crippen LogP contribution in [0.3, 0.4) is 0 Å². The van der Waals surface area contributed by atoms with E-state index in [-0.39, 0.29) is 36.9 Å². The molecule has 3 aliphatic rings. The lowest BCUT2D eigenvalue weighted by molar-refractivity contribution is -0.150. The van der Waals surface area contributed by atoms with Crippen LogP contribution in [-0.4, -0.2) is 54.5 Å². The minimum absolute atomic E-state index is 0.0458. The normalized spacial score (nSPS) is 25.4. The summed E-state index contributed by atoms with van der Waals surface area (Å²) in [6, 6.07) is 13.0. The molecule has 1 fully saturated rings. The van der Waals surface area contributed by atoms with Crippen LogP contribution >= 0.6 is 0 Å². The molecule has 2 aromatic rings. The van der Waals surface area contributed by atoms with E-state index in [9.17, 15) is 14.4 Å². The van der Waals surface area contributed by atoms with Gasteiger partial charge in [-0.25, -0.2) is 0 Å². The molecule has 3 N–H and O–H groups in total. The standard InChI is InChI=1S/C27H32N4O4/c1-16-9-10-17-13-18(28)11-12-22(17)31(16)23(32)20-14-30(25(34)26(2,3)35-4)15-27(20)19-7-5-6-8-21(19)29-24(27)33/h5-8,11-13,16,20H,9-10,14-15,28H2,1-4H3,(H,29,33). The number of nitrogens with zero attached hydrogens (tertiary/aromatic N) is 2. The molecular formula is C27H32N4O4. The first-order chi connectivity index (χ1) is 16.6. The number of rotatable bonds is 3. The third-order valence-corrected chi connectivity index (χ3v) is 7.98. The Kier molecular flexibility index (Phi) is 5.40. The molecular weight excluding hydrogens is 444 g/mol. The summed E-state index contributed by atoms with van der Waals surface area (Å²) < 4.78 is 5.45. The van der Waals surface area contributed by atoms with Gasteiger partial charge in [-0.1, -0.05) is 18.2 Å². The first-order valence-electron chi connectivity index (χ1n) is 12.1. The molecule has 35 heavy (non-hydrogen) atoms. The number of aryl methyl sites for hydroxylation is 1. The van der Waals surface area contributed by atoms with Gasteiger partial charge < -0.3 is 25.6 Å². The van der Waals surface area contributed by atoms with E-state index in [4.69, 9.17) is 10.5 Å². The summed E-state index contributed by atoms with van der Waals surface area (Å²) in [7, 11) is 1.49. The van der Waals surface area contributed by atoms with Crippen LogP contribution in [0.15, 0.2) is 42.5 Å². The number of likely N-dealkylation sites (tertiary alicyclic amines) is 1. The second-order valence-electron chi connectivity index (χ2n) is 10.4. The van der Waals surface area contributed by atoms with Crippen LogP contribution in [0.1, 0.15) is 38.3 Å². The Morgan fingerprint density at radius 3 is 2.69 bits per heavy atom. The van der Waals surface area contributed by atoms with Crippen molar-refractivity contribution in [3.63, 3.8) is 0 Å². The average molecular weight is 477 g/mol. The number of anilines is 3. The highest BCUT2D eigenvalue weighted by atomic mass is 16.5. The van der Waals surface area contributed by atoms with E-state index in [0.29, 0.717) is 11.4 Å². The first kappa shape index (κ1) is 23.4. The number of amides is 3. The predicted octanol–water partition coefficient (Wildman–Crippen LogP) is 2.71. The molecule has 1 spiro atoms. The van der Waals surface area contributed by atoms with E-state index in [1.807, 2.05) is 48.2 Å². The topological polar surface area (TPSA) is 105 Å². The van der Waals surface area contributed by atoms with Crippen LogP contribution in [0, 0.1) is 5.92 Å². The predicted molar refractivity (Wildman–Crippen MR) is 134 cm³/mol. The molecule has 0 aliphatic carbocycles. The van der Waals surface area contributed by atoms with Gasteiger partial charge in [0.25, 0.3) is 5.91 Å². The highest BCUT2D eigenvalue weighted by Crippen LogP contribution is 2.49. The summed E-state index contributed by atoms with van der Waals surface area (Å²) in [6.45, 7) is 5.69. The summed E-state index contributed by atoms with van der Waals surface area (Å²) in [5, 5.41) is 2.97. The minimum atomic E-state index is -1.17. The highest BCUT2D eigenvalue weighted by Gasteiger charge is 2.62. The first-order valence-corrected chi connectivity index (χ1v) is 12.1. The third kappa shape index (κ3) is 3.42. The Bertz CT molecular complexity index is 1230. The van der Waals surface area contributed by atoms with Crippen molar-refractivity contribution in [1.29, 1.82) is 0 Å². The molecule has 0 radical (unpaired) electrons. The van der Waals surface area contributed by atoms with Gasteiger partial charge in [-0.15, -0.1) is 0 Å². The second-order valence-corrected chi connectivity index (χ2v) is 10.4. The summed E-state index contributed by atoms with van der Waals surface area (Å²) in [6.07, 6.45) is 1.63. The van der Waals surface area contributed by atoms with Gasteiger partial charge in [0.1, 0.15) is 11.0 Å². The number of benzene rings is 2. The fraction of sp³-hybridized carbons (Fsp3) is 0.444. The van der Waals surface area contributed by atoms with Gasteiger partial charge in [-0.3, -0.25) is 14.4 Å². The molecule has 3 unspecified atom stereocenters. The van der Waals surface area contributed by atoms with Gasteiger partial charge in [0.05, 0.1) is 5.92 Å². The third-order valence-electron chi connectivity index (χ3n) is 7.98. The number of hydrogen-bond donors (Lipinski definition) is 2. The van der Waals surface area contributed by atoms with Crippen LogP contribution in [0.4, 0.5) is 17.1 Å². The molecule has 3 amide bonds. The van der Waals surface area contributed by atoms with Crippen molar-refractivity contribution in [2.24, 2.45) is 5.92 Å². The van der Waals surface area contributed by atoms with E-state index >= 15 is 0 Å². The molecule has 3 atom stereocenters. The molecule has 0 aromatic heterocycles. The van der Waals surface area contributed by atoms with Gasteiger partial charge in [-0.05, 0) is 69.0 Å². The van der Waals surface area contributed by atoms with Gasteiger partial charge in [0.15, 0.2) is 0 Å². The van der Waals surface area contributed by atoms with Crippen LogP contribution in [0.25, 0.3) is 0 Å². The maximum Gasteiger partial charge on any atom is 0.254 e. The molecule has 184 valence electrons. The molecule has 2 aromatic carbocycles. The van der Waals surface area contributed by atoms with Crippen molar-refractivity contribution in [2.45, 2.75) is 50.7 Å². The highest BCUT2D eigenvalue weighted by molar-refractivity contribution is 6.12. The maximum atomic E-state index is 14.4. The molecule has 8 heteroatoms. The summed E-state index contributed by atoms with van der Waals surface area (Å²) >= 11 is 0. The van der Waals surface area contributed by atoms with Crippen molar-refractivity contribution in [3.05, 3.63) is 53.6 Å². The molecule has 0 bridgehead atoms. The summed E-state index contributed by atoms with van der Waals surface area (Å²) in [4.78, 5) is 44.9. The van der Waals surface area contributed by atoms with E-state index in [0.717, 1.165) is 29.7 Å². The summed E-state index contributed by atoms with van der Waals surface area (Å²) in [5.74, 6) is -1.38. The smallest absolute Gasteiger partial charge is 0.254 e. The number of carbonyl (C=O) groups excluding carboxylic acids is 3. The van der Waals surface area contributed by atoms with Gasteiger partial charge >= 0.3 is 0 Å². The zero-order valence-corrected chi connectivity index (χ0v) is 20.6. The number of carbonyl (C=O) groups is 3. The molecule has 3 aliphatic heterocycles. The number of hydrogen-bond acceptors (Lipinski definition) is 5. The van der Waals surface area contributed by atoms with Gasteiger partial charge in [0, 0.05) is 43.3 Å². The number of nitrogens with two attached hydrogens (primary N) is 1. The van der Waals surface area contributed by atoms with Crippen molar-refractivity contribution in [3.8, 4) is 0 Å². The van der Waals surface area contributed by atoms with Crippen LogP contribution < -0.4 is 16.0 Å². The van der Waals surface area contributed by atoms with Crippen LogP contribution in [0.5, 0.6) is 0 Å². The second kappa shape index (κ2) is 8.09. The summed E-state index contributed by atoms with van der Waals surface area (Å²) in [5.41, 5.74) is 7.73. The molecule has 8 nitrogen and oxygen atoms in total. The zero-order valence-electron chi connectivity index (χ0n) is 20.6. The average Bonchev–Trinajstić information content (AvgIpc) is 3.37. The van der Waals surface area contributed by atoms with Gasteiger partial charge in [0.2, 0.25) is 11.8 Å². The van der Waals surface area contributed by atoms with Crippen LogP contribution in [-0.2, 0) is 31.0 Å². The lowest BCUT2D eigenvalue weighted by Gasteiger charge is -2.39. The Hall–Kier alpha value is -3.39. The molecule has 5 rings (SSSR count). The quantitative estimate of drug-likeness (QED) is 0.663. The van der Waals surface area contributed by atoms with E-state index in [1.165, 1.54) is 7.11 Å². The van der Waals surface area contributed by atoms with Crippen molar-refractivity contribution >= 4 is 34.8 Å². The van der Waals surface area contributed by atoms with Crippen LogP contribution in [0.2, 0.25) is 0 Å². The van der Waals surface area contributed by atoms with Crippen molar-refractivity contribution < 1.29 is 19.1 Å². The lowest BCUT2D eigenvalue weighted by Crippen LogP contribution is -2.53. The number of nitrogens with one attached hydrogen (secondary N) is 1. The lowest BCUT2D eigenvalue weighted by atomic mass is 9.72. The monoisotopic (exact) mass is 476 g/mol. The largest absolute Gasteiger partial charge is 0.399 e. The Morgan fingerprint density at radius 2 is 1.94 bits per heavy atom. The van der Waals surface area contributed by atoms with Gasteiger partial charge in [-0.2, -0.15) is 0 Å². The Labute approximate surface area is 205 Å². The zero-order chi connectivity index (χ0) is 25.1. The fourth-order valence-corrected chi connectivity index (χ4v) is 5.88. The SMILES string of the molecule is COC(C)(C)C(=O)N1CC(C(=O)N2c3ccc(N)cc3CCC2C)C2(C1)C(=O)Nc1ccccc12. The number of methoxy groups -OCH3 is 1. The van der Waals surface area contributed by atoms with E-state index in [1.54, 1.807) is 24.8 Å². The number of para-hydroxylation sites is 1. The molecule has 3 heterocycles. The number of ether oxygens (including phenoxy) is 1. The number of nitrogen functional groups attached to an aromatic ring is 1. The number of fused-ring (bicyclic) bond motifs is 3. The molecule has 1 saturated heterocycles. The van der Waals surface area contributed by atoms with E-state index in [2.05, 4.69) is 5.32 Å². The fourth-order valence-electron chi connectivity index (χ4n) is 5.88. The van der Waals surface area contributed by atoms with E-state index < -0.39 is 16.9 Å². The Morgan fingerprint density at radius 1 is 1.20 bits per heavy atom. The van der Waals surface area contributed by atoms with Crippen molar-refractivity contribution in [2.75, 3.05) is 36.1 Å². The Balaban J connectivity index is 1.62. The minimum Gasteiger partial charge on any atom is -0.399 e. The maximum absolute atomic E-state index is 14.4. The molecule has 0 saturated carbocycles.